The molecular formula is C12H15BF12O2. The van der Waals surface area contributed by atoms with Crippen LogP contribution in [0.2, 0.25) is 0 Å². The van der Waals surface area contributed by atoms with Crippen LogP contribution in [0.5, 0.6) is 0 Å². The third kappa shape index (κ3) is 4.12. The van der Waals surface area contributed by atoms with Gasteiger partial charge in [0.2, 0.25) is 0 Å². The minimum atomic E-state index is -7.77. The van der Waals surface area contributed by atoms with E-state index in [4.69, 9.17) is 10.0 Å². The van der Waals surface area contributed by atoms with Crippen LogP contribution < -0.4 is 0 Å². The van der Waals surface area contributed by atoms with Gasteiger partial charge in [-0.15, -0.1) is 0 Å². The lowest BCUT2D eigenvalue weighted by atomic mass is 9.73. The van der Waals surface area contributed by atoms with Gasteiger partial charge in [-0.3, -0.25) is 0 Å². The first-order valence-corrected chi connectivity index (χ1v) is 7.38. The van der Waals surface area contributed by atoms with Crippen LogP contribution in [0.25, 0.3) is 0 Å². The zero-order valence-corrected chi connectivity index (χ0v) is 13.5. The number of alkyl halides is 12. The topological polar surface area (TPSA) is 40.5 Å². The molecule has 0 aliphatic rings. The van der Waals surface area contributed by atoms with Crippen molar-refractivity contribution in [3.8, 4) is 0 Å². The van der Waals surface area contributed by atoms with Gasteiger partial charge in [0.25, 0.3) is 0 Å². The lowest BCUT2D eigenvalue weighted by Crippen LogP contribution is -2.72. The quantitative estimate of drug-likeness (QED) is 0.282. The Morgan fingerprint density at radius 3 is 1.37 bits per heavy atom. The van der Waals surface area contributed by atoms with Crippen molar-refractivity contribution in [3.05, 3.63) is 0 Å². The maximum Gasteiger partial charge on any atom is 0.536 e. The Morgan fingerprint density at radius 1 is 0.593 bits per heavy atom. The molecule has 0 fully saturated rings. The molecule has 0 spiro atoms. The maximum absolute atomic E-state index is 13.4. The van der Waals surface area contributed by atoms with E-state index in [9.17, 15) is 52.7 Å². The van der Waals surface area contributed by atoms with Crippen LogP contribution in [0.1, 0.15) is 39.0 Å². The van der Waals surface area contributed by atoms with Crippen molar-refractivity contribution in [2.45, 2.75) is 74.5 Å². The van der Waals surface area contributed by atoms with Gasteiger partial charge in [-0.05, 0) is 6.42 Å². The molecule has 0 saturated carbocycles. The van der Waals surface area contributed by atoms with E-state index in [2.05, 4.69) is 0 Å². The number of halogens is 12. The highest BCUT2D eigenvalue weighted by Gasteiger charge is 2.91. The second-order valence-corrected chi connectivity index (χ2v) is 5.81. The highest BCUT2D eigenvalue weighted by atomic mass is 19.4. The summed E-state index contributed by atoms with van der Waals surface area (Å²) in [6.07, 6.45) is -2.58. The van der Waals surface area contributed by atoms with Gasteiger partial charge in [-0.1, -0.05) is 26.2 Å². The van der Waals surface area contributed by atoms with E-state index in [1.54, 1.807) is 6.92 Å². The molecule has 0 amide bonds. The lowest BCUT2D eigenvalue weighted by molar-refractivity contribution is -0.419. The molecule has 2 N–H and O–H groups in total. The molecule has 0 saturated heterocycles. The third-order valence-electron chi connectivity index (χ3n) is 3.73. The molecule has 0 unspecified atom stereocenters. The number of hydrogen-bond donors (Lipinski definition) is 2. The first kappa shape index (κ1) is 26.1. The largest absolute Gasteiger partial charge is 0.536 e. The average Bonchev–Trinajstić information content (AvgIpc) is 2.50. The molecular weight excluding hydrogens is 415 g/mol. The van der Waals surface area contributed by atoms with E-state index in [0.717, 1.165) is 0 Å². The van der Waals surface area contributed by atoms with Crippen molar-refractivity contribution in [1.29, 1.82) is 0 Å². The predicted octanol–water partition coefficient (Wildman–Crippen LogP) is 4.78. The fourth-order valence-electron chi connectivity index (χ4n) is 1.93. The van der Waals surface area contributed by atoms with Gasteiger partial charge in [0.05, 0.1) is 0 Å². The van der Waals surface area contributed by atoms with E-state index in [1.807, 2.05) is 0 Å². The molecule has 15 heteroatoms. The molecule has 0 radical (unpaired) electrons. The molecule has 0 atom stereocenters. The summed E-state index contributed by atoms with van der Waals surface area (Å²) in [5, 5.41) is 16.0. The number of rotatable bonds is 11. The summed E-state index contributed by atoms with van der Waals surface area (Å²) in [4.78, 5) is 0. The Hall–Kier alpha value is -0.855. The fourth-order valence-corrected chi connectivity index (χ4v) is 1.93. The summed E-state index contributed by atoms with van der Waals surface area (Å²) in [5.74, 6) is -42.8. The molecule has 0 aromatic carbocycles. The van der Waals surface area contributed by atoms with E-state index in [1.165, 1.54) is 0 Å². The Bertz CT molecular complexity index is 495. The molecule has 0 aromatic rings. The molecule has 27 heavy (non-hydrogen) atoms. The van der Waals surface area contributed by atoms with E-state index in [-0.39, 0.29) is 12.8 Å². The monoisotopic (exact) mass is 430 g/mol. The van der Waals surface area contributed by atoms with Gasteiger partial charge in [0, 0.05) is 6.42 Å². The van der Waals surface area contributed by atoms with Crippen molar-refractivity contribution >= 4 is 7.12 Å². The van der Waals surface area contributed by atoms with Gasteiger partial charge in [0.1, 0.15) is 0 Å². The standard InChI is InChI=1S/C12H15BF12O2/c1-2-3-4-5-6-7(14,15)8(16,17)9(18,19)10(20,21)11(22,23)12(24,25)13(26)27/h26-27H,2-6H2,1H3. The van der Waals surface area contributed by atoms with E-state index < -0.39 is 55.4 Å². The Balaban J connectivity index is 5.98. The summed E-state index contributed by atoms with van der Waals surface area (Å²) < 4.78 is 159. The van der Waals surface area contributed by atoms with Crippen LogP contribution in [0.3, 0.4) is 0 Å². The van der Waals surface area contributed by atoms with E-state index in [0.29, 0.717) is 6.42 Å². The van der Waals surface area contributed by atoms with Crippen molar-refractivity contribution < 1.29 is 62.7 Å². The normalized spacial score (nSPS) is 15.2. The second-order valence-electron chi connectivity index (χ2n) is 5.81. The molecule has 162 valence electrons. The summed E-state index contributed by atoms with van der Waals surface area (Å²) in [6, 6.07) is 0. The fraction of sp³-hybridized carbons (Fsp3) is 1.00. The SMILES string of the molecule is CCCCCCC(F)(F)C(F)(F)C(F)(F)C(F)(F)C(F)(F)C(F)(F)B(O)O. The Kier molecular flexibility index (Phi) is 7.63. The average molecular weight is 430 g/mol. The van der Waals surface area contributed by atoms with Crippen molar-refractivity contribution in [3.63, 3.8) is 0 Å². The zero-order chi connectivity index (χ0) is 22.1. The highest BCUT2D eigenvalue weighted by molar-refractivity contribution is 6.44. The molecule has 2 nitrogen and oxygen atoms in total. The summed E-state index contributed by atoms with van der Waals surface area (Å²) in [7, 11) is -4.67. The Morgan fingerprint density at radius 2 is 1.00 bits per heavy atom. The van der Waals surface area contributed by atoms with Crippen LogP contribution in [-0.4, -0.2) is 52.6 Å². The van der Waals surface area contributed by atoms with Crippen LogP contribution in [0.15, 0.2) is 0 Å². The zero-order valence-electron chi connectivity index (χ0n) is 13.5. The van der Waals surface area contributed by atoms with Crippen LogP contribution in [0, 0.1) is 0 Å². The highest BCUT2D eigenvalue weighted by Crippen LogP contribution is 2.60. The number of hydrogen-bond acceptors (Lipinski definition) is 2. The smallest absolute Gasteiger partial charge is 0.423 e. The van der Waals surface area contributed by atoms with Crippen LogP contribution >= 0.6 is 0 Å². The van der Waals surface area contributed by atoms with Crippen molar-refractivity contribution in [2.24, 2.45) is 0 Å². The molecule has 0 heterocycles. The lowest BCUT2D eigenvalue weighted by Gasteiger charge is -2.41. The van der Waals surface area contributed by atoms with Crippen LogP contribution in [0.4, 0.5) is 52.7 Å². The minimum absolute atomic E-state index is 0.187. The summed E-state index contributed by atoms with van der Waals surface area (Å²) in [5.41, 5.74) is 0. The minimum Gasteiger partial charge on any atom is -0.423 e. The van der Waals surface area contributed by atoms with Gasteiger partial charge < -0.3 is 10.0 Å². The van der Waals surface area contributed by atoms with Gasteiger partial charge >= 0.3 is 42.6 Å². The van der Waals surface area contributed by atoms with Crippen molar-refractivity contribution in [1.82, 2.24) is 0 Å². The van der Waals surface area contributed by atoms with Crippen molar-refractivity contribution in [2.75, 3.05) is 0 Å². The molecule has 0 bridgehead atoms. The summed E-state index contributed by atoms with van der Waals surface area (Å²) in [6.45, 7) is 1.55. The third-order valence-corrected chi connectivity index (χ3v) is 3.73. The second kappa shape index (κ2) is 7.87. The number of unbranched alkanes of at least 4 members (excludes halogenated alkanes) is 3. The molecule has 0 aliphatic heterocycles. The van der Waals surface area contributed by atoms with Crippen LogP contribution in [-0.2, 0) is 0 Å². The van der Waals surface area contributed by atoms with E-state index >= 15 is 0 Å². The molecule has 0 aromatic heterocycles. The summed E-state index contributed by atoms with van der Waals surface area (Å²) >= 11 is 0. The molecule has 0 rings (SSSR count). The van der Waals surface area contributed by atoms with Gasteiger partial charge in [0.15, 0.2) is 0 Å². The van der Waals surface area contributed by atoms with Gasteiger partial charge in [-0.2, -0.15) is 43.9 Å². The Labute approximate surface area is 145 Å². The first-order chi connectivity index (χ1) is 11.8. The predicted molar refractivity (Wildman–Crippen MR) is 68.6 cm³/mol. The maximum atomic E-state index is 13.4. The first-order valence-electron chi connectivity index (χ1n) is 7.38. The van der Waals surface area contributed by atoms with Gasteiger partial charge in [-0.25, -0.2) is 8.78 Å². The molecule has 0 aliphatic carbocycles.